The van der Waals surface area contributed by atoms with Gasteiger partial charge < -0.3 is 4.42 Å². The van der Waals surface area contributed by atoms with Crippen molar-refractivity contribution in [2.45, 2.75) is 37.0 Å². The van der Waals surface area contributed by atoms with E-state index >= 15 is 0 Å². The van der Waals surface area contributed by atoms with E-state index in [0.29, 0.717) is 30.7 Å². The van der Waals surface area contributed by atoms with Gasteiger partial charge >= 0.3 is 0 Å². The predicted octanol–water partition coefficient (Wildman–Crippen LogP) is 1.17. The molecule has 3 heterocycles. The highest BCUT2D eigenvalue weighted by Gasteiger charge is 2.46. The van der Waals surface area contributed by atoms with Crippen LogP contribution in [-0.4, -0.2) is 42.4 Å². The van der Waals surface area contributed by atoms with E-state index in [1.807, 2.05) is 6.20 Å². The molecule has 0 spiro atoms. The highest BCUT2D eigenvalue weighted by Crippen LogP contribution is 2.40. The van der Waals surface area contributed by atoms with E-state index in [-0.39, 0.29) is 5.25 Å². The van der Waals surface area contributed by atoms with Crippen LogP contribution in [0.3, 0.4) is 0 Å². The van der Waals surface area contributed by atoms with Crippen LogP contribution in [0.5, 0.6) is 0 Å². The molecular weight excluding hydrogens is 264 g/mol. The lowest BCUT2D eigenvalue weighted by atomic mass is 10.1. The van der Waals surface area contributed by atoms with Crippen molar-refractivity contribution in [2.24, 2.45) is 5.92 Å². The van der Waals surface area contributed by atoms with Gasteiger partial charge in [-0.25, -0.2) is 13.4 Å². The molecule has 19 heavy (non-hydrogen) atoms. The maximum absolute atomic E-state index is 11.9. The zero-order valence-corrected chi connectivity index (χ0v) is 11.6. The molecule has 1 saturated carbocycles. The van der Waals surface area contributed by atoms with E-state index in [2.05, 4.69) is 9.88 Å². The first-order valence-electron chi connectivity index (χ1n) is 7.00. The molecule has 6 heteroatoms. The molecule has 2 saturated heterocycles. The number of fused-ring (bicyclic) bond motifs is 1. The molecule has 3 fully saturated rings. The summed E-state index contributed by atoms with van der Waals surface area (Å²) in [7, 11) is -2.84. The Morgan fingerprint density at radius 1 is 1.32 bits per heavy atom. The van der Waals surface area contributed by atoms with Crippen LogP contribution in [0.25, 0.3) is 0 Å². The number of nitrogens with zero attached hydrogens (tertiary/aromatic N) is 2. The highest BCUT2D eigenvalue weighted by atomic mass is 32.2. The predicted molar refractivity (Wildman–Crippen MR) is 69.4 cm³/mol. The van der Waals surface area contributed by atoms with Crippen LogP contribution < -0.4 is 0 Å². The molecule has 0 N–H and O–H groups in total. The lowest BCUT2D eigenvalue weighted by Gasteiger charge is -2.13. The van der Waals surface area contributed by atoms with Crippen molar-refractivity contribution in [1.29, 1.82) is 0 Å². The SMILES string of the molecule is O=S1(=O)CC[C@H]2CN(Cc3ncc(C4CC4)o3)C[C@H]21. The molecule has 1 aliphatic carbocycles. The van der Waals surface area contributed by atoms with Crippen LogP contribution in [0.4, 0.5) is 0 Å². The van der Waals surface area contributed by atoms with Gasteiger partial charge in [-0.2, -0.15) is 0 Å². The van der Waals surface area contributed by atoms with Crippen molar-refractivity contribution < 1.29 is 12.8 Å². The first-order chi connectivity index (χ1) is 9.12. The fourth-order valence-corrected chi connectivity index (χ4v) is 5.53. The van der Waals surface area contributed by atoms with Crippen molar-refractivity contribution in [2.75, 3.05) is 18.8 Å². The smallest absolute Gasteiger partial charge is 0.208 e. The first kappa shape index (κ1) is 11.9. The summed E-state index contributed by atoms with van der Waals surface area (Å²) < 4.78 is 29.5. The molecule has 0 bridgehead atoms. The minimum Gasteiger partial charge on any atom is -0.444 e. The molecule has 104 valence electrons. The molecule has 0 radical (unpaired) electrons. The number of oxazole rings is 1. The van der Waals surface area contributed by atoms with E-state index in [0.717, 1.165) is 24.6 Å². The monoisotopic (exact) mass is 282 g/mol. The summed E-state index contributed by atoms with van der Waals surface area (Å²) in [5.41, 5.74) is 0. The third-order valence-corrected chi connectivity index (χ3v) is 6.86. The molecule has 1 aromatic rings. The summed E-state index contributed by atoms with van der Waals surface area (Å²) in [5, 5.41) is -0.148. The van der Waals surface area contributed by atoms with E-state index in [1.165, 1.54) is 12.8 Å². The molecule has 4 rings (SSSR count). The van der Waals surface area contributed by atoms with Crippen molar-refractivity contribution in [3.05, 3.63) is 17.8 Å². The van der Waals surface area contributed by atoms with E-state index in [9.17, 15) is 8.42 Å². The van der Waals surface area contributed by atoms with Gasteiger partial charge in [-0.15, -0.1) is 0 Å². The van der Waals surface area contributed by atoms with Crippen LogP contribution >= 0.6 is 0 Å². The minimum atomic E-state index is -2.84. The average Bonchev–Trinajstić information content (AvgIpc) is 2.86. The summed E-state index contributed by atoms with van der Waals surface area (Å²) >= 11 is 0. The molecular formula is C13H18N2O3S. The van der Waals surface area contributed by atoms with E-state index < -0.39 is 9.84 Å². The third-order valence-electron chi connectivity index (χ3n) is 4.60. The number of likely N-dealkylation sites (tertiary alicyclic amines) is 1. The lowest BCUT2D eigenvalue weighted by Crippen LogP contribution is -2.26. The standard InChI is InChI=1S/C13H18N2O3S/c16-19(17)4-3-10-6-15(7-12(10)19)8-13-14-5-11(18-13)9-1-2-9/h5,9-10,12H,1-4,6-8H2/t10-,12+/m0/s1. The zero-order chi connectivity index (χ0) is 13.0. The summed E-state index contributed by atoms with van der Waals surface area (Å²) in [6.45, 7) is 2.16. The molecule has 2 aliphatic heterocycles. The van der Waals surface area contributed by atoms with E-state index in [4.69, 9.17) is 4.42 Å². The van der Waals surface area contributed by atoms with Crippen molar-refractivity contribution >= 4 is 9.84 Å². The largest absolute Gasteiger partial charge is 0.444 e. The second-order valence-electron chi connectivity index (χ2n) is 6.08. The van der Waals surface area contributed by atoms with Crippen LogP contribution in [-0.2, 0) is 16.4 Å². The van der Waals surface area contributed by atoms with Crippen molar-refractivity contribution in [3.8, 4) is 0 Å². The quantitative estimate of drug-likeness (QED) is 0.832. The fourth-order valence-electron chi connectivity index (χ4n) is 3.35. The Balaban J connectivity index is 1.44. The third kappa shape index (κ3) is 2.10. The topological polar surface area (TPSA) is 63.4 Å². The first-order valence-corrected chi connectivity index (χ1v) is 8.72. The second kappa shape index (κ2) is 4.06. The molecule has 1 aromatic heterocycles. The zero-order valence-electron chi connectivity index (χ0n) is 10.8. The van der Waals surface area contributed by atoms with Gasteiger partial charge in [-0.3, -0.25) is 4.90 Å². The Morgan fingerprint density at radius 2 is 2.16 bits per heavy atom. The number of hydrogen-bond acceptors (Lipinski definition) is 5. The lowest BCUT2D eigenvalue weighted by molar-refractivity contribution is 0.275. The van der Waals surface area contributed by atoms with Crippen LogP contribution in [0.15, 0.2) is 10.6 Å². The summed E-state index contributed by atoms with van der Waals surface area (Å²) in [4.78, 5) is 6.49. The fraction of sp³-hybridized carbons (Fsp3) is 0.769. The van der Waals surface area contributed by atoms with Crippen molar-refractivity contribution in [1.82, 2.24) is 9.88 Å². The summed E-state index contributed by atoms with van der Waals surface area (Å²) in [6, 6.07) is 0. The van der Waals surface area contributed by atoms with Gasteiger partial charge in [0.1, 0.15) is 5.76 Å². The summed E-state index contributed by atoms with van der Waals surface area (Å²) in [5.74, 6) is 3.02. The van der Waals surface area contributed by atoms with Crippen LogP contribution in [0.2, 0.25) is 0 Å². The van der Waals surface area contributed by atoms with Gasteiger partial charge in [0.15, 0.2) is 9.84 Å². The van der Waals surface area contributed by atoms with E-state index in [1.54, 1.807) is 0 Å². The van der Waals surface area contributed by atoms with Crippen molar-refractivity contribution in [3.63, 3.8) is 0 Å². The maximum atomic E-state index is 11.9. The minimum absolute atomic E-state index is 0.148. The number of aromatic nitrogens is 1. The van der Waals surface area contributed by atoms with Gasteiger partial charge in [-0.05, 0) is 25.2 Å². The van der Waals surface area contributed by atoms with Gasteiger partial charge in [0.2, 0.25) is 5.89 Å². The van der Waals surface area contributed by atoms with Crippen LogP contribution in [0, 0.1) is 5.92 Å². The Labute approximate surface area is 112 Å². The second-order valence-corrected chi connectivity index (χ2v) is 8.42. The molecule has 0 unspecified atom stereocenters. The average molecular weight is 282 g/mol. The number of hydrogen-bond donors (Lipinski definition) is 0. The van der Waals surface area contributed by atoms with Gasteiger partial charge in [0.25, 0.3) is 0 Å². The Morgan fingerprint density at radius 3 is 2.89 bits per heavy atom. The Bertz CT molecular complexity index is 591. The number of rotatable bonds is 3. The molecule has 0 aromatic carbocycles. The number of sulfone groups is 1. The normalized spacial score (nSPS) is 33.7. The molecule has 2 atom stereocenters. The highest BCUT2D eigenvalue weighted by molar-refractivity contribution is 7.92. The Hall–Kier alpha value is -0.880. The maximum Gasteiger partial charge on any atom is 0.208 e. The molecule has 0 amide bonds. The van der Waals surface area contributed by atoms with Crippen LogP contribution in [0.1, 0.15) is 36.8 Å². The van der Waals surface area contributed by atoms with Gasteiger partial charge in [-0.1, -0.05) is 0 Å². The van der Waals surface area contributed by atoms with Gasteiger partial charge in [0, 0.05) is 19.0 Å². The summed E-state index contributed by atoms with van der Waals surface area (Å²) in [6.07, 6.45) is 5.07. The van der Waals surface area contributed by atoms with Gasteiger partial charge in [0.05, 0.1) is 23.7 Å². The molecule has 3 aliphatic rings. The molecule has 5 nitrogen and oxygen atoms in total. The Kier molecular flexibility index (Phi) is 2.54.